The Balaban J connectivity index is 1.13. The van der Waals surface area contributed by atoms with E-state index in [1.165, 1.54) is 55.8 Å². The molecule has 1 aromatic heterocycles. The average molecular weight is 828 g/mol. The zero-order valence-electron chi connectivity index (χ0n) is 28.0. The summed E-state index contributed by atoms with van der Waals surface area (Å²) in [4.78, 5) is 11.1. The molecule has 1 aliphatic carbocycles. The Morgan fingerprint density at radius 2 is 1.84 bits per heavy atom. The van der Waals surface area contributed by atoms with Gasteiger partial charge in [-0.1, -0.05) is 12.0 Å². The summed E-state index contributed by atoms with van der Waals surface area (Å²) in [5, 5.41) is 7.36. The second kappa shape index (κ2) is 15.1. The summed E-state index contributed by atoms with van der Waals surface area (Å²) in [7, 11) is -2.70. The zero-order valence-corrected chi connectivity index (χ0v) is 30.9. The Kier molecular flexibility index (Phi) is 11.0. The maximum atomic E-state index is 13.8. The summed E-state index contributed by atoms with van der Waals surface area (Å²) in [6.45, 7) is 4.16. The number of sulfonamides is 1. The van der Waals surface area contributed by atoms with Crippen molar-refractivity contribution in [3.63, 3.8) is 0 Å². The fourth-order valence-electron chi connectivity index (χ4n) is 6.78. The van der Waals surface area contributed by atoms with Gasteiger partial charge in [-0.3, -0.25) is 7.91 Å². The second-order valence-corrected chi connectivity index (χ2v) is 18.1. The SMILES string of the molecule is COc1cc(S(=O)(=O)NC(C)=O)ccc1NCC#Cc1cc2c(NC3CCC(=IN4CC5(CCOCC5)C4)CC3)cccc2n1CC(F)(F)F. The molecule has 50 heavy (non-hydrogen) atoms. The van der Waals surface area contributed by atoms with E-state index in [1.54, 1.807) is 21.7 Å². The van der Waals surface area contributed by atoms with Crippen LogP contribution in [0.1, 0.15) is 51.1 Å². The van der Waals surface area contributed by atoms with Crippen LogP contribution >= 0.6 is 21.0 Å². The van der Waals surface area contributed by atoms with Crippen LogP contribution in [0, 0.1) is 17.3 Å². The normalized spacial score (nSPS) is 19.4. The fraction of sp³-hybridized carbons (Fsp3) is 0.486. The lowest BCUT2D eigenvalue weighted by Crippen LogP contribution is -2.54. The van der Waals surface area contributed by atoms with Crippen molar-refractivity contribution in [1.29, 1.82) is 0 Å². The third-order valence-corrected chi connectivity index (χ3v) is 13.9. The van der Waals surface area contributed by atoms with Crippen molar-refractivity contribution in [3.05, 3.63) is 48.2 Å². The van der Waals surface area contributed by atoms with E-state index >= 15 is 0 Å². The molecule has 270 valence electrons. The van der Waals surface area contributed by atoms with E-state index in [0.29, 0.717) is 22.0 Å². The molecule has 1 amide bonds. The molecule has 2 aromatic carbocycles. The van der Waals surface area contributed by atoms with Gasteiger partial charge in [-0.2, -0.15) is 13.2 Å². The highest BCUT2D eigenvalue weighted by Crippen LogP contribution is 2.44. The van der Waals surface area contributed by atoms with E-state index in [2.05, 4.69) is 25.6 Å². The largest absolute Gasteiger partial charge is 0.495 e. The number of benzene rings is 2. The highest BCUT2D eigenvalue weighted by Gasteiger charge is 2.43. The van der Waals surface area contributed by atoms with Crippen molar-refractivity contribution in [2.45, 2.75) is 69.1 Å². The van der Waals surface area contributed by atoms with Crippen LogP contribution in [-0.2, 0) is 26.1 Å². The van der Waals surface area contributed by atoms with Gasteiger partial charge in [-0.15, -0.1) is 0 Å². The van der Waals surface area contributed by atoms with Crippen LogP contribution in [0.4, 0.5) is 24.5 Å². The van der Waals surface area contributed by atoms with E-state index in [1.807, 2.05) is 10.8 Å². The molecule has 15 heteroatoms. The number of rotatable bonds is 9. The van der Waals surface area contributed by atoms with Crippen LogP contribution < -0.4 is 20.1 Å². The molecule has 0 atom stereocenters. The lowest BCUT2D eigenvalue weighted by molar-refractivity contribution is -0.140. The van der Waals surface area contributed by atoms with E-state index < -0.39 is 28.7 Å². The van der Waals surface area contributed by atoms with Crippen molar-refractivity contribution in [2.24, 2.45) is 5.41 Å². The molecule has 6 rings (SSSR count). The molecule has 3 N–H and O–H groups in total. The van der Waals surface area contributed by atoms with Gasteiger partial charge in [-0.05, 0) is 99.3 Å². The molecule has 2 saturated heterocycles. The van der Waals surface area contributed by atoms with E-state index in [9.17, 15) is 26.4 Å². The molecule has 3 aliphatic rings. The number of aromatic nitrogens is 1. The minimum absolute atomic E-state index is 0.0448. The van der Waals surface area contributed by atoms with Crippen molar-refractivity contribution < 1.29 is 35.9 Å². The third kappa shape index (κ3) is 8.75. The fourth-order valence-corrected chi connectivity index (χ4v) is 11.6. The molecule has 3 aromatic rings. The number of nitrogens with one attached hydrogen (secondary N) is 3. The van der Waals surface area contributed by atoms with Gasteiger partial charge in [0, 0.05) is 61.8 Å². The Hall–Kier alpha value is -3.33. The van der Waals surface area contributed by atoms with Crippen LogP contribution in [0.2, 0.25) is 0 Å². The number of carbonyl (C=O) groups excluding carboxylic acids is 1. The summed E-state index contributed by atoms with van der Waals surface area (Å²) in [6, 6.07) is 11.4. The minimum atomic E-state index is -4.45. The molecular weight excluding hydrogens is 786 g/mol. The second-order valence-electron chi connectivity index (χ2n) is 13.1. The molecular formula is C35H41F3IN5O5S. The smallest absolute Gasteiger partial charge is 0.406 e. The number of carbonyl (C=O) groups is 1. The highest BCUT2D eigenvalue weighted by molar-refractivity contribution is 14.2. The first-order valence-corrected chi connectivity index (χ1v) is 20.1. The maximum absolute atomic E-state index is 13.8. The van der Waals surface area contributed by atoms with Crippen molar-refractivity contribution in [2.75, 3.05) is 50.6 Å². The lowest BCUT2D eigenvalue weighted by atomic mass is 9.75. The van der Waals surface area contributed by atoms with Crippen LogP contribution in [0.5, 0.6) is 5.75 Å². The molecule has 0 radical (unpaired) electrons. The molecule has 2 aliphatic heterocycles. The first-order valence-electron chi connectivity index (χ1n) is 16.6. The lowest BCUT2D eigenvalue weighted by Gasteiger charge is -2.50. The number of nitrogens with zero attached hydrogens (tertiary/aromatic N) is 2. The van der Waals surface area contributed by atoms with Gasteiger partial charge in [0.2, 0.25) is 5.91 Å². The van der Waals surface area contributed by atoms with Crippen molar-refractivity contribution in [1.82, 2.24) is 12.4 Å². The Morgan fingerprint density at radius 3 is 2.52 bits per heavy atom. The van der Waals surface area contributed by atoms with Crippen LogP contribution in [0.25, 0.3) is 10.9 Å². The zero-order chi connectivity index (χ0) is 35.5. The first-order chi connectivity index (χ1) is 23.8. The first kappa shape index (κ1) is 36.5. The maximum Gasteiger partial charge on any atom is 0.406 e. The summed E-state index contributed by atoms with van der Waals surface area (Å²) in [6.07, 6.45) is 2.09. The predicted molar refractivity (Wildman–Crippen MR) is 196 cm³/mol. The summed E-state index contributed by atoms with van der Waals surface area (Å²) < 4.78 is 84.3. The molecule has 3 fully saturated rings. The molecule has 3 heterocycles. The van der Waals surface area contributed by atoms with Gasteiger partial charge in [0.05, 0.1) is 35.4 Å². The number of fused-ring (bicyclic) bond motifs is 1. The summed E-state index contributed by atoms with van der Waals surface area (Å²) in [5.74, 6) is 5.27. The van der Waals surface area contributed by atoms with Gasteiger partial charge in [-0.25, -0.2) is 13.1 Å². The van der Waals surface area contributed by atoms with Crippen LogP contribution in [-0.4, -0.2) is 77.7 Å². The predicted octanol–water partition coefficient (Wildman–Crippen LogP) is 6.03. The van der Waals surface area contributed by atoms with Gasteiger partial charge < -0.3 is 24.7 Å². The third-order valence-electron chi connectivity index (χ3n) is 9.32. The van der Waals surface area contributed by atoms with Gasteiger partial charge >= 0.3 is 6.18 Å². The van der Waals surface area contributed by atoms with Gasteiger partial charge in [0.25, 0.3) is 10.0 Å². The number of amides is 1. The minimum Gasteiger partial charge on any atom is -0.495 e. The van der Waals surface area contributed by atoms with E-state index in [-0.39, 0.29) is 49.9 Å². The van der Waals surface area contributed by atoms with Crippen molar-refractivity contribution >= 4 is 62.7 Å². The molecule has 0 unspecified atom stereocenters. The number of methoxy groups -OCH3 is 1. The molecule has 0 bridgehead atoms. The van der Waals surface area contributed by atoms with Gasteiger partial charge in [0.15, 0.2) is 0 Å². The highest BCUT2D eigenvalue weighted by atomic mass is 127. The summed E-state index contributed by atoms with van der Waals surface area (Å²) >= 11 is -0.0785. The van der Waals surface area contributed by atoms with Crippen LogP contribution in [0.15, 0.2) is 47.4 Å². The Bertz CT molecular complexity index is 1930. The molecule has 1 saturated carbocycles. The molecule has 10 nitrogen and oxygen atoms in total. The van der Waals surface area contributed by atoms with Crippen molar-refractivity contribution in [3.8, 4) is 17.6 Å². The topological polar surface area (TPSA) is 114 Å². The molecule has 1 spiro atoms. The van der Waals surface area contributed by atoms with Gasteiger partial charge in [0.1, 0.15) is 12.3 Å². The number of ether oxygens (including phenoxy) is 2. The van der Waals surface area contributed by atoms with E-state index in [0.717, 1.165) is 51.5 Å². The monoisotopic (exact) mass is 827 g/mol. The number of halogens is 4. The number of anilines is 2. The number of alkyl halides is 3. The number of hydrogen-bond acceptors (Lipinski definition) is 8. The summed E-state index contributed by atoms with van der Waals surface area (Å²) in [5.41, 5.74) is 2.40. The Labute approximate surface area is 300 Å². The van der Waals surface area contributed by atoms with Crippen LogP contribution in [0.3, 0.4) is 0 Å². The number of hydrogen-bond donors (Lipinski definition) is 3. The Morgan fingerprint density at radius 1 is 1.10 bits per heavy atom. The average Bonchev–Trinajstić information content (AvgIpc) is 3.39. The van der Waals surface area contributed by atoms with E-state index in [4.69, 9.17) is 9.47 Å². The standard InChI is InChI=1S/C35H41F3IN5O5S/c1-24(45)42-50(46,47)28-12-13-31(33(20-28)48-2)40-16-4-5-27-19-29-30(6-3-7-32(29)44(27)23-35(36,37)38)41-26-10-8-25(9-11-26)39-43-21-34(22-43)14-17-49-18-15-34/h3,6-7,12-13,19-20,26,40-41H,8-11,14-18,21-23H2,1-2H3,(H,42,45). The quantitative estimate of drug-likeness (QED) is 0.136.